The number of amides is 1. The van der Waals surface area contributed by atoms with Gasteiger partial charge in [0.25, 0.3) is 0 Å². The number of carbonyl (C=O) groups excluding carboxylic acids is 1. The highest BCUT2D eigenvalue weighted by Gasteiger charge is 2.39. The Balaban J connectivity index is 2.65. The summed E-state index contributed by atoms with van der Waals surface area (Å²) in [6.45, 7) is 4.72. The number of hydrogen-bond donors (Lipinski definition) is 2. The summed E-state index contributed by atoms with van der Waals surface area (Å²) in [5.41, 5.74) is 5.21. The molecular formula is C15H23BrN2OS2. The zero-order valence-corrected chi connectivity index (χ0v) is 15.8. The van der Waals surface area contributed by atoms with E-state index in [4.69, 9.17) is 18.0 Å². The van der Waals surface area contributed by atoms with Crippen molar-refractivity contribution < 1.29 is 4.79 Å². The van der Waals surface area contributed by atoms with Crippen molar-refractivity contribution in [1.29, 1.82) is 0 Å². The minimum Gasteiger partial charge on any atom is -0.392 e. The fourth-order valence-corrected chi connectivity index (χ4v) is 4.30. The molecule has 0 radical (unpaired) electrons. The molecule has 1 aromatic rings. The molecule has 6 heteroatoms. The Hall–Kier alpha value is -0.460. The van der Waals surface area contributed by atoms with E-state index >= 15 is 0 Å². The normalized spacial score (nSPS) is 11.4. The summed E-state index contributed by atoms with van der Waals surface area (Å²) in [7, 11) is 0. The zero-order chi connectivity index (χ0) is 15.9. The molecule has 0 fully saturated rings. The van der Waals surface area contributed by atoms with Gasteiger partial charge in [-0.05, 0) is 47.3 Å². The van der Waals surface area contributed by atoms with Crippen molar-refractivity contribution in [3.05, 3.63) is 20.8 Å². The lowest BCUT2D eigenvalue weighted by molar-refractivity contribution is -0.128. The Morgan fingerprint density at radius 3 is 2.43 bits per heavy atom. The molecule has 0 aliphatic heterocycles. The summed E-state index contributed by atoms with van der Waals surface area (Å²) in [6.07, 6.45) is 4.04. The predicted molar refractivity (Wildman–Crippen MR) is 97.8 cm³/mol. The number of nitrogens with one attached hydrogen (secondary N) is 1. The SMILES string of the molecule is CCCC(CCC)(C(=O)NCCc1ccc(Br)s1)C(N)=S. The van der Waals surface area contributed by atoms with Crippen LogP contribution >= 0.6 is 39.5 Å². The summed E-state index contributed by atoms with van der Waals surface area (Å²) in [5.74, 6) is -0.0191. The fourth-order valence-electron chi connectivity index (χ4n) is 2.52. The molecule has 0 unspecified atom stereocenters. The van der Waals surface area contributed by atoms with Gasteiger partial charge in [-0.1, -0.05) is 38.9 Å². The van der Waals surface area contributed by atoms with Gasteiger partial charge >= 0.3 is 0 Å². The number of halogens is 1. The fraction of sp³-hybridized carbons (Fsp3) is 0.600. The van der Waals surface area contributed by atoms with Gasteiger partial charge in [0, 0.05) is 11.4 Å². The van der Waals surface area contributed by atoms with Crippen molar-refractivity contribution in [3.63, 3.8) is 0 Å². The minimum absolute atomic E-state index is 0.0191. The third-order valence-corrected chi connectivity index (χ3v) is 5.62. The molecule has 21 heavy (non-hydrogen) atoms. The maximum atomic E-state index is 12.6. The molecule has 0 aliphatic rings. The lowest BCUT2D eigenvalue weighted by Gasteiger charge is -2.31. The highest BCUT2D eigenvalue weighted by atomic mass is 79.9. The van der Waals surface area contributed by atoms with Crippen LogP contribution in [0.15, 0.2) is 15.9 Å². The molecule has 1 aromatic heterocycles. The van der Waals surface area contributed by atoms with E-state index < -0.39 is 5.41 Å². The highest BCUT2D eigenvalue weighted by Crippen LogP contribution is 2.31. The Kier molecular flexibility index (Phi) is 7.84. The Bertz CT molecular complexity index is 482. The standard InChI is InChI=1S/C15H23BrN2OS2/c1-3-8-15(9-4-2,13(17)20)14(19)18-10-7-11-5-6-12(16)21-11/h5-6H,3-4,7-10H2,1-2H3,(H2,17,20)(H,18,19). The summed E-state index contributed by atoms with van der Waals surface area (Å²) in [5, 5.41) is 3.02. The van der Waals surface area contributed by atoms with Crippen molar-refractivity contribution in [1.82, 2.24) is 5.32 Å². The van der Waals surface area contributed by atoms with Crippen LogP contribution in [0.25, 0.3) is 0 Å². The summed E-state index contributed by atoms with van der Waals surface area (Å²) >= 11 is 10.3. The van der Waals surface area contributed by atoms with Gasteiger partial charge in [0.05, 0.1) is 14.2 Å². The van der Waals surface area contributed by atoms with Crippen LogP contribution in [-0.2, 0) is 11.2 Å². The van der Waals surface area contributed by atoms with E-state index in [-0.39, 0.29) is 5.91 Å². The average Bonchev–Trinajstić information content (AvgIpc) is 2.83. The molecular weight excluding hydrogens is 368 g/mol. The number of thiocarbonyl (C=S) groups is 1. The molecule has 0 aromatic carbocycles. The van der Waals surface area contributed by atoms with E-state index in [1.54, 1.807) is 11.3 Å². The number of carbonyl (C=O) groups is 1. The summed E-state index contributed by atoms with van der Waals surface area (Å²) in [4.78, 5) is 14.2. The van der Waals surface area contributed by atoms with Crippen molar-refractivity contribution in [3.8, 4) is 0 Å². The number of nitrogens with two attached hydrogens (primary N) is 1. The predicted octanol–water partition coefficient (Wildman–Crippen LogP) is 4.04. The second kappa shape index (κ2) is 8.86. The average molecular weight is 391 g/mol. The topological polar surface area (TPSA) is 55.1 Å². The first kappa shape index (κ1) is 18.6. The van der Waals surface area contributed by atoms with Gasteiger partial charge in [-0.2, -0.15) is 0 Å². The van der Waals surface area contributed by atoms with Gasteiger partial charge in [-0.25, -0.2) is 0 Å². The maximum absolute atomic E-state index is 12.6. The second-order valence-corrected chi connectivity index (χ2v) is 8.15. The van der Waals surface area contributed by atoms with Crippen LogP contribution in [0.3, 0.4) is 0 Å². The highest BCUT2D eigenvalue weighted by molar-refractivity contribution is 9.11. The zero-order valence-electron chi connectivity index (χ0n) is 12.6. The third kappa shape index (κ3) is 5.04. The van der Waals surface area contributed by atoms with E-state index in [2.05, 4.69) is 41.2 Å². The van der Waals surface area contributed by atoms with Crippen LogP contribution in [0, 0.1) is 5.41 Å². The first-order valence-corrected chi connectivity index (χ1v) is 9.30. The molecule has 1 heterocycles. The lowest BCUT2D eigenvalue weighted by Crippen LogP contribution is -2.49. The summed E-state index contributed by atoms with van der Waals surface area (Å²) < 4.78 is 1.11. The minimum atomic E-state index is -0.686. The first-order chi connectivity index (χ1) is 9.96. The van der Waals surface area contributed by atoms with Gasteiger partial charge in [0.2, 0.25) is 5.91 Å². The number of thiophene rings is 1. The van der Waals surface area contributed by atoms with Gasteiger partial charge in [-0.15, -0.1) is 11.3 Å². The Labute approximate surface area is 144 Å². The molecule has 0 saturated heterocycles. The number of hydrogen-bond acceptors (Lipinski definition) is 3. The van der Waals surface area contributed by atoms with E-state index in [1.165, 1.54) is 4.88 Å². The maximum Gasteiger partial charge on any atom is 0.233 e. The van der Waals surface area contributed by atoms with E-state index in [9.17, 15) is 4.79 Å². The molecule has 0 spiro atoms. The smallest absolute Gasteiger partial charge is 0.233 e. The van der Waals surface area contributed by atoms with Crippen LogP contribution in [0.5, 0.6) is 0 Å². The lowest BCUT2D eigenvalue weighted by atomic mass is 9.78. The van der Waals surface area contributed by atoms with Gasteiger partial charge in [-0.3, -0.25) is 4.79 Å². The Morgan fingerprint density at radius 1 is 1.38 bits per heavy atom. The molecule has 0 bridgehead atoms. The second-order valence-electron chi connectivity index (χ2n) is 5.16. The van der Waals surface area contributed by atoms with Crippen LogP contribution in [-0.4, -0.2) is 17.4 Å². The van der Waals surface area contributed by atoms with Gasteiger partial charge in [0.1, 0.15) is 0 Å². The molecule has 118 valence electrons. The van der Waals surface area contributed by atoms with Gasteiger partial charge < -0.3 is 11.1 Å². The van der Waals surface area contributed by atoms with Crippen LogP contribution in [0.4, 0.5) is 0 Å². The van der Waals surface area contributed by atoms with Crippen molar-refractivity contribution in [2.45, 2.75) is 46.0 Å². The van der Waals surface area contributed by atoms with E-state index in [1.807, 2.05) is 6.07 Å². The van der Waals surface area contributed by atoms with E-state index in [0.29, 0.717) is 24.4 Å². The largest absolute Gasteiger partial charge is 0.392 e. The molecule has 3 N–H and O–H groups in total. The van der Waals surface area contributed by atoms with Crippen LogP contribution in [0.1, 0.15) is 44.4 Å². The summed E-state index contributed by atoms with van der Waals surface area (Å²) in [6, 6.07) is 4.09. The first-order valence-electron chi connectivity index (χ1n) is 7.28. The van der Waals surface area contributed by atoms with Crippen LogP contribution < -0.4 is 11.1 Å². The van der Waals surface area contributed by atoms with Crippen molar-refractivity contribution in [2.75, 3.05) is 6.54 Å². The number of rotatable bonds is 9. The monoisotopic (exact) mass is 390 g/mol. The van der Waals surface area contributed by atoms with Crippen LogP contribution in [0.2, 0.25) is 0 Å². The quantitative estimate of drug-likeness (QED) is 0.625. The third-order valence-electron chi connectivity index (χ3n) is 3.55. The van der Waals surface area contributed by atoms with Crippen molar-refractivity contribution >= 4 is 50.4 Å². The molecule has 1 amide bonds. The molecule has 0 aliphatic carbocycles. The Morgan fingerprint density at radius 2 is 2.00 bits per heavy atom. The molecule has 0 atom stereocenters. The van der Waals surface area contributed by atoms with E-state index in [0.717, 1.165) is 23.0 Å². The molecule has 3 nitrogen and oxygen atoms in total. The molecule has 0 saturated carbocycles. The van der Waals surface area contributed by atoms with Crippen molar-refractivity contribution in [2.24, 2.45) is 11.1 Å². The molecule has 1 rings (SSSR count). The van der Waals surface area contributed by atoms with Gasteiger partial charge in [0.15, 0.2) is 0 Å².